The van der Waals surface area contributed by atoms with Gasteiger partial charge in [-0.2, -0.15) is 0 Å². The van der Waals surface area contributed by atoms with Gasteiger partial charge >= 0.3 is 0 Å². The molecule has 0 N–H and O–H groups in total. The molecule has 0 bridgehead atoms. The van der Waals surface area contributed by atoms with Crippen molar-refractivity contribution in [3.8, 4) is 11.5 Å². The number of rotatable bonds is 10. The number of hydrogen-bond acceptors (Lipinski definition) is 5. The smallest absolute Gasteiger partial charge is 0.124 e. The Morgan fingerprint density at radius 3 is 1.15 bits per heavy atom. The Balaban J connectivity index is 1.27. The molecule has 3 saturated heterocycles. The summed E-state index contributed by atoms with van der Waals surface area (Å²) >= 11 is 0. The molecule has 0 aliphatic carbocycles. The normalized spacial score (nSPS) is 26.6. The van der Waals surface area contributed by atoms with Crippen LogP contribution in [0.15, 0.2) is 170 Å². The first kappa shape index (κ1) is 33.6. The maximum atomic E-state index is 7.89. The van der Waals surface area contributed by atoms with E-state index in [1.54, 1.807) is 14.2 Å². The summed E-state index contributed by atoms with van der Waals surface area (Å²) in [7, 11) is 3.45. The Bertz CT molecular complexity index is 1960. The molecule has 3 fully saturated rings. The summed E-state index contributed by atoms with van der Waals surface area (Å²) in [5.74, 6) is 1.73. The zero-order chi connectivity index (χ0) is 35.8. The Morgan fingerprint density at radius 2 is 0.811 bits per heavy atom. The van der Waals surface area contributed by atoms with Crippen molar-refractivity contribution in [1.82, 2.24) is 9.80 Å². The Hall–Kier alpha value is -5.20. The molecule has 0 saturated carbocycles. The van der Waals surface area contributed by atoms with Gasteiger partial charge in [-0.3, -0.25) is 9.80 Å². The molecule has 9 rings (SSSR count). The predicted molar refractivity (Wildman–Crippen MR) is 210 cm³/mol. The van der Waals surface area contributed by atoms with E-state index in [9.17, 15) is 0 Å². The molecule has 5 heteroatoms. The van der Waals surface area contributed by atoms with Gasteiger partial charge in [0.05, 0.1) is 25.0 Å². The first-order valence-electron chi connectivity index (χ1n) is 18.8. The number of methoxy groups -OCH3 is 2. The lowest BCUT2D eigenvalue weighted by atomic mass is 9.54. The van der Waals surface area contributed by atoms with Gasteiger partial charge in [-0.15, -0.1) is 0 Å². The summed E-state index contributed by atoms with van der Waals surface area (Å²) in [6.45, 7) is 1.50. The van der Waals surface area contributed by atoms with Crippen molar-refractivity contribution in [1.29, 1.82) is 0 Å². The van der Waals surface area contributed by atoms with E-state index in [0.29, 0.717) is 0 Å². The van der Waals surface area contributed by atoms with Crippen LogP contribution in [0.2, 0.25) is 0 Å². The van der Waals surface area contributed by atoms with Gasteiger partial charge in [-0.1, -0.05) is 146 Å². The van der Waals surface area contributed by atoms with E-state index >= 15 is 0 Å². The van der Waals surface area contributed by atoms with Crippen LogP contribution in [0.25, 0.3) is 0 Å². The van der Waals surface area contributed by atoms with Crippen LogP contribution in [0.3, 0.4) is 0 Å². The number of fused-ring (bicyclic) bond motifs is 3. The summed E-state index contributed by atoms with van der Waals surface area (Å²) in [6, 6.07) is 62.2. The molecule has 0 amide bonds. The lowest BCUT2D eigenvalue weighted by Gasteiger charge is -2.45. The van der Waals surface area contributed by atoms with Crippen LogP contribution in [0.4, 0.5) is 0 Å². The zero-order valence-electron chi connectivity index (χ0n) is 30.4. The predicted octanol–water partition coefficient (Wildman–Crippen LogP) is 9.86. The topological polar surface area (TPSA) is 34.2 Å². The van der Waals surface area contributed by atoms with Crippen molar-refractivity contribution in [3.05, 3.63) is 203 Å². The van der Waals surface area contributed by atoms with Gasteiger partial charge in [0, 0.05) is 25.2 Å². The highest BCUT2D eigenvalue weighted by Crippen LogP contribution is 2.71. The van der Waals surface area contributed by atoms with Crippen molar-refractivity contribution < 1.29 is 14.2 Å². The summed E-state index contributed by atoms with van der Waals surface area (Å²) in [5.41, 5.74) is 7.04. The van der Waals surface area contributed by atoms with Gasteiger partial charge in [0.1, 0.15) is 24.0 Å². The highest BCUT2D eigenvalue weighted by molar-refractivity contribution is 5.50. The molecule has 0 spiro atoms. The minimum Gasteiger partial charge on any atom is -0.497 e. The fourth-order valence-electron chi connectivity index (χ4n) is 10.0. The average Bonchev–Trinajstić information content (AvgIpc) is 3.83. The fourth-order valence-corrected chi connectivity index (χ4v) is 10.0. The van der Waals surface area contributed by atoms with Crippen molar-refractivity contribution in [2.45, 2.75) is 61.3 Å². The van der Waals surface area contributed by atoms with E-state index < -0.39 is 0 Å². The molecule has 6 aromatic rings. The number of hydrogen-bond donors (Lipinski definition) is 0. The van der Waals surface area contributed by atoms with Gasteiger partial charge in [0.15, 0.2) is 0 Å². The van der Waals surface area contributed by atoms with E-state index in [2.05, 4.69) is 180 Å². The summed E-state index contributed by atoms with van der Waals surface area (Å²) in [6.07, 6.45) is 1.45. The number of nitrogens with zero attached hydrogens (tertiary/aromatic N) is 2. The van der Waals surface area contributed by atoms with Gasteiger partial charge in [0.25, 0.3) is 0 Å². The Kier molecular flexibility index (Phi) is 8.87. The number of ether oxygens (including phenoxy) is 3. The first-order chi connectivity index (χ1) is 26.1. The first-order valence-corrected chi connectivity index (χ1v) is 18.8. The maximum Gasteiger partial charge on any atom is 0.124 e. The van der Waals surface area contributed by atoms with E-state index in [1.165, 1.54) is 33.4 Å². The standard InChI is InChI=1S/C48H46N2O3/c1-51-41-27-23-35(24-28-41)33-49-43(37-15-7-3-8-16-37)31-47(39-19-11-5-12-20-39)45(49)53-46-48(47,40-21-13-6-14-22-40)32-44(38-17-9-4-10-18-38)50(46)34-36-25-29-42(52-2)30-26-36/h3-30,43-46H,31-34H2,1-2H3/t43-,44-,45+,46+,47-,48-/m0/s1. The van der Waals surface area contributed by atoms with Gasteiger partial charge in [0.2, 0.25) is 0 Å². The molecular weight excluding hydrogens is 653 g/mol. The van der Waals surface area contributed by atoms with Crippen LogP contribution >= 0.6 is 0 Å². The summed E-state index contributed by atoms with van der Waals surface area (Å²) in [4.78, 5) is 5.33. The monoisotopic (exact) mass is 698 g/mol. The van der Waals surface area contributed by atoms with Crippen LogP contribution in [-0.4, -0.2) is 36.5 Å². The third-order valence-corrected chi connectivity index (χ3v) is 12.3. The number of benzene rings is 6. The van der Waals surface area contributed by atoms with E-state index in [-0.39, 0.29) is 35.4 Å². The minimum absolute atomic E-state index is 0.135. The van der Waals surface area contributed by atoms with Gasteiger partial charge in [-0.25, -0.2) is 0 Å². The van der Waals surface area contributed by atoms with Gasteiger partial charge < -0.3 is 14.2 Å². The molecule has 0 aromatic heterocycles. The molecule has 266 valence electrons. The molecule has 5 nitrogen and oxygen atoms in total. The molecule has 3 heterocycles. The molecule has 3 aliphatic heterocycles. The van der Waals surface area contributed by atoms with Crippen molar-refractivity contribution in [2.75, 3.05) is 14.2 Å². The number of likely N-dealkylation sites (tertiary alicyclic amines) is 2. The molecule has 53 heavy (non-hydrogen) atoms. The maximum absolute atomic E-state index is 7.89. The van der Waals surface area contributed by atoms with Crippen LogP contribution in [0, 0.1) is 0 Å². The second-order valence-corrected chi connectivity index (χ2v) is 14.8. The highest BCUT2D eigenvalue weighted by atomic mass is 16.5. The average molecular weight is 699 g/mol. The summed E-state index contributed by atoms with van der Waals surface area (Å²) in [5, 5.41) is 0. The molecule has 3 aliphatic rings. The highest BCUT2D eigenvalue weighted by Gasteiger charge is 2.76. The molecule has 6 aromatic carbocycles. The molecule has 0 radical (unpaired) electrons. The largest absolute Gasteiger partial charge is 0.497 e. The van der Waals surface area contributed by atoms with Crippen molar-refractivity contribution >= 4 is 0 Å². The van der Waals surface area contributed by atoms with E-state index in [0.717, 1.165) is 37.4 Å². The molecule has 0 unspecified atom stereocenters. The van der Waals surface area contributed by atoms with Crippen LogP contribution in [-0.2, 0) is 28.7 Å². The molecular formula is C48H46N2O3. The van der Waals surface area contributed by atoms with E-state index in [4.69, 9.17) is 14.2 Å². The SMILES string of the molecule is COc1ccc(CN2[C@H](c3ccccc3)C[C@]3(c4ccccc4)[C@H]2O[C@H]2N(Cc4ccc(OC)cc4)[C@H](c4ccccc4)C[C@]23c2ccccc2)cc1. The zero-order valence-corrected chi connectivity index (χ0v) is 30.4. The Labute approximate surface area is 313 Å². The van der Waals surface area contributed by atoms with Crippen LogP contribution in [0.1, 0.15) is 58.3 Å². The van der Waals surface area contributed by atoms with Crippen molar-refractivity contribution in [3.63, 3.8) is 0 Å². The quantitative estimate of drug-likeness (QED) is 0.142. The van der Waals surface area contributed by atoms with Crippen LogP contribution in [0.5, 0.6) is 11.5 Å². The Morgan fingerprint density at radius 1 is 0.472 bits per heavy atom. The fraction of sp³-hybridized carbons (Fsp3) is 0.250. The second kappa shape index (κ2) is 14.0. The third-order valence-electron chi connectivity index (χ3n) is 12.3. The molecule has 6 atom stereocenters. The summed E-state index contributed by atoms with van der Waals surface area (Å²) < 4.78 is 19.0. The van der Waals surface area contributed by atoms with E-state index in [1.807, 2.05) is 0 Å². The minimum atomic E-state index is -0.380. The lowest BCUT2D eigenvalue weighted by Crippen LogP contribution is -2.52. The third kappa shape index (κ3) is 5.58. The van der Waals surface area contributed by atoms with Crippen molar-refractivity contribution in [2.24, 2.45) is 0 Å². The second-order valence-electron chi connectivity index (χ2n) is 14.8. The van der Waals surface area contributed by atoms with Crippen LogP contribution < -0.4 is 9.47 Å². The lowest BCUT2D eigenvalue weighted by molar-refractivity contribution is -0.122. The van der Waals surface area contributed by atoms with Gasteiger partial charge in [-0.05, 0) is 70.5 Å².